The number of hydrogen-bond donors (Lipinski definition) is 1. The van der Waals surface area contributed by atoms with Gasteiger partial charge in [0.2, 0.25) is 5.92 Å². The highest BCUT2D eigenvalue weighted by molar-refractivity contribution is 5.96. The van der Waals surface area contributed by atoms with Crippen molar-refractivity contribution in [2.24, 2.45) is 11.7 Å². The molecule has 2 aliphatic rings. The summed E-state index contributed by atoms with van der Waals surface area (Å²) < 4.78 is 67.1. The average Bonchev–Trinajstić information content (AvgIpc) is 3.18. The summed E-state index contributed by atoms with van der Waals surface area (Å²) in [5, 5.41) is 0.663. The Morgan fingerprint density at radius 1 is 1.09 bits per heavy atom. The van der Waals surface area contributed by atoms with Crippen molar-refractivity contribution in [2.45, 2.75) is 50.2 Å². The smallest absolute Gasteiger partial charge is 0.327 e. The fourth-order valence-electron chi connectivity index (χ4n) is 4.77. The zero-order chi connectivity index (χ0) is 23.4. The fraction of sp³-hybridized carbons (Fsp3) is 0.375. The second-order valence-electron chi connectivity index (χ2n) is 8.83. The van der Waals surface area contributed by atoms with E-state index in [0.717, 1.165) is 11.6 Å². The maximum atomic E-state index is 13.9. The van der Waals surface area contributed by atoms with Gasteiger partial charge in [-0.15, -0.1) is 0 Å². The first-order chi connectivity index (χ1) is 15.6. The molecule has 2 aliphatic carbocycles. The highest BCUT2D eigenvalue weighted by atomic mass is 19.4. The first-order valence-electron chi connectivity index (χ1n) is 10.7. The number of nitrogens with zero attached hydrogens (tertiary/aromatic N) is 3. The van der Waals surface area contributed by atoms with Crippen LogP contribution < -0.4 is 5.73 Å². The van der Waals surface area contributed by atoms with Gasteiger partial charge in [-0.1, -0.05) is 12.1 Å². The lowest BCUT2D eigenvalue weighted by atomic mass is 9.80. The minimum atomic E-state index is -4.41. The summed E-state index contributed by atoms with van der Waals surface area (Å²) in [5.74, 6) is -2.75. The SMILES string of the molecule is NC1CCC(F)(F)CC1Cc1ncc2cncc(C3=CCc4cc(C(F)(F)F)ccc43)c2n1. The number of aromatic nitrogens is 3. The maximum Gasteiger partial charge on any atom is 0.416 e. The highest BCUT2D eigenvalue weighted by Gasteiger charge is 2.40. The van der Waals surface area contributed by atoms with Crippen LogP contribution in [0, 0.1) is 5.92 Å². The molecular weight excluding hydrogens is 439 g/mol. The first-order valence-corrected chi connectivity index (χ1v) is 10.7. The molecule has 9 heteroatoms. The van der Waals surface area contributed by atoms with E-state index in [4.69, 9.17) is 5.73 Å². The van der Waals surface area contributed by atoms with Crippen LogP contribution in [0.1, 0.15) is 47.3 Å². The fourth-order valence-corrected chi connectivity index (χ4v) is 4.77. The van der Waals surface area contributed by atoms with Crippen molar-refractivity contribution < 1.29 is 22.0 Å². The van der Waals surface area contributed by atoms with E-state index in [1.807, 2.05) is 6.08 Å². The Kier molecular flexibility index (Phi) is 5.19. The number of fused-ring (bicyclic) bond motifs is 2. The molecule has 0 spiro atoms. The van der Waals surface area contributed by atoms with Crippen LogP contribution in [0.5, 0.6) is 0 Å². The predicted octanol–water partition coefficient (Wildman–Crippen LogP) is 5.34. The topological polar surface area (TPSA) is 64.7 Å². The molecule has 3 aromatic rings. The van der Waals surface area contributed by atoms with Gasteiger partial charge < -0.3 is 5.73 Å². The van der Waals surface area contributed by atoms with Gasteiger partial charge in [0, 0.05) is 54.8 Å². The standard InChI is InChI=1S/C24H21F5N4/c25-23(26)6-5-20(30)14(9-23)8-21-32-11-15-10-31-12-19(22(15)33-21)18-3-1-13-7-16(24(27,28)29)2-4-17(13)18/h2-4,7,10-12,14,20H,1,5-6,8-9,30H2. The van der Waals surface area contributed by atoms with Crippen LogP contribution in [0.3, 0.4) is 0 Å². The number of rotatable bonds is 3. The van der Waals surface area contributed by atoms with E-state index in [2.05, 4.69) is 15.0 Å². The average molecular weight is 460 g/mol. The molecule has 172 valence electrons. The lowest BCUT2D eigenvalue weighted by Gasteiger charge is -2.33. The molecule has 0 saturated heterocycles. The van der Waals surface area contributed by atoms with Gasteiger partial charge in [0.25, 0.3) is 0 Å². The maximum absolute atomic E-state index is 13.9. The Balaban J connectivity index is 1.50. The molecule has 0 aliphatic heterocycles. The van der Waals surface area contributed by atoms with E-state index in [1.54, 1.807) is 18.6 Å². The summed E-state index contributed by atoms with van der Waals surface area (Å²) in [6, 6.07) is 3.37. The molecule has 1 aromatic carbocycles. The summed E-state index contributed by atoms with van der Waals surface area (Å²) in [5.41, 5.74) is 8.71. The van der Waals surface area contributed by atoms with Crippen molar-refractivity contribution in [1.82, 2.24) is 15.0 Å². The van der Waals surface area contributed by atoms with Gasteiger partial charge in [0.15, 0.2) is 0 Å². The molecule has 2 N–H and O–H groups in total. The lowest BCUT2D eigenvalue weighted by molar-refractivity contribution is -0.137. The van der Waals surface area contributed by atoms with E-state index in [-0.39, 0.29) is 31.7 Å². The third-order valence-corrected chi connectivity index (χ3v) is 6.53. The molecule has 2 unspecified atom stereocenters. The van der Waals surface area contributed by atoms with Gasteiger partial charge in [-0.25, -0.2) is 18.7 Å². The van der Waals surface area contributed by atoms with Crippen molar-refractivity contribution >= 4 is 16.5 Å². The largest absolute Gasteiger partial charge is 0.416 e. The van der Waals surface area contributed by atoms with Gasteiger partial charge in [-0.3, -0.25) is 4.98 Å². The molecular formula is C24H21F5N4. The quantitative estimate of drug-likeness (QED) is 0.536. The molecule has 0 radical (unpaired) electrons. The normalized spacial score (nSPS) is 22.3. The molecule has 2 aromatic heterocycles. The molecule has 5 rings (SSSR count). The van der Waals surface area contributed by atoms with Crippen LogP contribution in [-0.2, 0) is 19.0 Å². The Morgan fingerprint density at radius 2 is 1.91 bits per heavy atom. The Hall–Kier alpha value is -2.94. The second kappa shape index (κ2) is 7.83. The van der Waals surface area contributed by atoms with Crippen LogP contribution in [-0.4, -0.2) is 26.9 Å². The summed E-state index contributed by atoms with van der Waals surface area (Å²) >= 11 is 0. The molecule has 1 fully saturated rings. The Bertz CT molecular complexity index is 1250. The van der Waals surface area contributed by atoms with Crippen molar-refractivity contribution in [3.63, 3.8) is 0 Å². The third-order valence-electron chi connectivity index (χ3n) is 6.53. The Morgan fingerprint density at radius 3 is 2.70 bits per heavy atom. The van der Waals surface area contributed by atoms with E-state index in [9.17, 15) is 22.0 Å². The van der Waals surface area contributed by atoms with Crippen molar-refractivity contribution in [1.29, 1.82) is 0 Å². The van der Waals surface area contributed by atoms with E-state index in [0.29, 0.717) is 39.8 Å². The van der Waals surface area contributed by atoms with Crippen LogP contribution >= 0.6 is 0 Å². The van der Waals surface area contributed by atoms with Crippen LogP contribution in [0.2, 0.25) is 0 Å². The number of allylic oxidation sites excluding steroid dienone is 1. The van der Waals surface area contributed by atoms with E-state index in [1.165, 1.54) is 12.1 Å². The zero-order valence-corrected chi connectivity index (χ0v) is 17.5. The zero-order valence-electron chi connectivity index (χ0n) is 17.5. The van der Waals surface area contributed by atoms with Gasteiger partial charge in [-0.2, -0.15) is 13.2 Å². The highest BCUT2D eigenvalue weighted by Crippen LogP contribution is 2.40. The van der Waals surface area contributed by atoms with Gasteiger partial charge >= 0.3 is 6.18 Å². The number of nitrogens with two attached hydrogens (primary N) is 1. The molecule has 2 atom stereocenters. The number of alkyl halides is 5. The summed E-state index contributed by atoms with van der Waals surface area (Å²) in [7, 11) is 0. The van der Waals surface area contributed by atoms with Crippen molar-refractivity contribution in [2.75, 3.05) is 0 Å². The molecule has 4 nitrogen and oxygen atoms in total. The lowest BCUT2D eigenvalue weighted by Crippen LogP contribution is -2.42. The minimum Gasteiger partial charge on any atom is -0.327 e. The Labute approximate surface area is 186 Å². The molecule has 2 heterocycles. The first kappa shape index (κ1) is 21.9. The number of hydrogen-bond acceptors (Lipinski definition) is 4. The van der Waals surface area contributed by atoms with E-state index < -0.39 is 23.6 Å². The van der Waals surface area contributed by atoms with Crippen LogP contribution in [0.15, 0.2) is 42.9 Å². The molecule has 33 heavy (non-hydrogen) atoms. The van der Waals surface area contributed by atoms with Gasteiger partial charge in [0.05, 0.1) is 11.1 Å². The number of pyridine rings is 1. The summed E-state index contributed by atoms with van der Waals surface area (Å²) in [4.78, 5) is 13.2. The number of halogens is 5. The minimum absolute atomic E-state index is 0.206. The van der Waals surface area contributed by atoms with Crippen molar-refractivity contribution in [3.05, 3.63) is 70.9 Å². The summed E-state index contributed by atoms with van der Waals surface area (Å²) in [6.07, 6.45) is 2.64. The predicted molar refractivity (Wildman–Crippen MR) is 114 cm³/mol. The van der Waals surface area contributed by atoms with Crippen molar-refractivity contribution in [3.8, 4) is 0 Å². The van der Waals surface area contributed by atoms with Crippen LogP contribution in [0.25, 0.3) is 16.5 Å². The van der Waals surface area contributed by atoms with Gasteiger partial charge in [-0.05, 0) is 47.6 Å². The second-order valence-corrected chi connectivity index (χ2v) is 8.83. The van der Waals surface area contributed by atoms with Gasteiger partial charge in [0.1, 0.15) is 5.82 Å². The molecule has 0 amide bonds. The monoisotopic (exact) mass is 460 g/mol. The molecule has 1 saturated carbocycles. The van der Waals surface area contributed by atoms with E-state index >= 15 is 0 Å². The molecule has 0 bridgehead atoms. The third kappa shape index (κ3) is 4.21. The summed E-state index contributed by atoms with van der Waals surface area (Å²) in [6.45, 7) is 0. The van der Waals surface area contributed by atoms with Crippen LogP contribution in [0.4, 0.5) is 22.0 Å². The number of benzene rings is 1.